The second kappa shape index (κ2) is 9.81. The minimum atomic E-state index is 0.231. The average molecular weight is 347 g/mol. The molecule has 2 saturated heterocycles. The van der Waals surface area contributed by atoms with Crippen LogP contribution in [0.3, 0.4) is 0 Å². The number of hydrogen-bond acceptors (Lipinski definition) is 3. The average Bonchev–Trinajstić information content (AvgIpc) is 2.51. The van der Waals surface area contributed by atoms with Gasteiger partial charge in [-0.25, -0.2) is 0 Å². The van der Waals surface area contributed by atoms with Crippen LogP contribution in [0, 0.1) is 11.8 Å². The number of hydrogen-bond donors (Lipinski definition) is 0. The predicted molar refractivity (Wildman–Crippen MR) is 103 cm³/mol. The van der Waals surface area contributed by atoms with Crippen LogP contribution in [0.4, 0.5) is 0 Å². The summed E-state index contributed by atoms with van der Waals surface area (Å²) in [4.78, 5) is 16.4. The monoisotopic (exact) mass is 346 g/mol. The number of carbonyl (C=O) groups is 1. The Kier molecular flexibility index (Phi) is 7.76. The van der Waals surface area contributed by atoms with E-state index in [1.54, 1.807) is 0 Å². The Hall–Kier alpha value is -1.55. The number of nitrogens with zero attached hydrogens (tertiary/aromatic N) is 2. The number of ether oxygens (including phenoxy) is 1. The van der Waals surface area contributed by atoms with E-state index < -0.39 is 0 Å². The maximum absolute atomic E-state index is 12.1. The van der Waals surface area contributed by atoms with Crippen LogP contribution in [0.15, 0.2) is 24.3 Å². The van der Waals surface area contributed by atoms with Gasteiger partial charge in [0.1, 0.15) is 5.75 Å². The summed E-state index contributed by atoms with van der Waals surface area (Å²) in [6.07, 6.45) is 2.26. The lowest BCUT2D eigenvalue weighted by Gasteiger charge is -2.43. The number of rotatable bonds is 7. The first kappa shape index (κ1) is 19.8. The molecule has 3 rings (SSSR count). The van der Waals surface area contributed by atoms with Gasteiger partial charge in [0.25, 0.3) is 0 Å². The molecule has 2 aliphatic rings. The number of benzene rings is 1. The van der Waals surface area contributed by atoms with E-state index in [-0.39, 0.29) is 5.92 Å². The minimum absolute atomic E-state index is 0.231. The Balaban J connectivity index is 0.00000109. The Bertz CT molecular complexity index is 517. The maximum atomic E-state index is 12.1. The lowest BCUT2D eigenvalue weighted by Crippen LogP contribution is -2.56. The normalized spacial score (nSPS) is 17.4. The summed E-state index contributed by atoms with van der Waals surface area (Å²) < 4.78 is 5.75. The molecule has 0 unspecified atom stereocenters. The van der Waals surface area contributed by atoms with E-state index in [1.165, 1.54) is 12.0 Å². The van der Waals surface area contributed by atoms with Gasteiger partial charge in [-0.15, -0.1) is 0 Å². The van der Waals surface area contributed by atoms with E-state index in [0.29, 0.717) is 11.8 Å². The predicted octanol–water partition coefficient (Wildman–Crippen LogP) is 3.80. The molecule has 2 heterocycles. The first-order valence-electron chi connectivity index (χ1n) is 9.84. The van der Waals surface area contributed by atoms with E-state index in [4.69, 9.17) is 4.74 Å². The van der Waals surface area contributed by atoms with Gasteiger partial charge in [0.05, 0.1) is 12.5 Å². The van der Waals surface area contributed by atoms with Gasteiger partial charge in [0.15, 0.2) is 0 Å². The van der Waals surface area contributed by atoms with Crippen LogP contribution in [-0.4, -0.2) is 48.5 Å². The molecule has 1 amide bonds. The number of carbonyl (C=O) groups excluding carboxylic acids is 1. The Morgan fingerprint density at radius 1 is 1.16 bits per heavy atom. The highest BCUT2D eigenvalue weighted by Gasteiger charge is 2.36. The molecule has 0 aromatic heterocycles. The molecule has 0 atom stereocenters. The molecular formula is C21H34N2O2. The lowest BCUT2D eigenvalue weighted by molar-refractivity contribution is -0.144. The van der Waals surface area contributed by atoms with Gasteiger partial charge in [-0.1, -0.05) is 39.8 Å². The van der Waals surface area contributed by atoms with Crippen molar-refractivity contribution in [3.8, 4) is 5.75 Å². The molecule has 0 N–H and O–H groups in total. The molecule has 0 aliphatic carbocycles. The molecule has 0 saturated carbocycles. The van der Waals surface area contributed by atoms with Crippen LogP contribution < -0.4 is 4.74 Å². The Morgan fingerprint density at radius 2 is 1.80 bits per heavy atom. The van der Waals surface area contributed by atoms with Gasteiger partial charge in [-0.3, -0.25) is 9.69 Å². The first-order chi connectivity index (χ1) is 12.1. The summed E-state index contributed by atoms with van der Waals surface area (Å²) in [6, 6.07) is 8.38. The minimum Gasteiger partial charge on any atom is -0.494 e. The molecule has 0 bridgehead atoms. The maximum Gasteiger partial charge on any atom is 0.228 e. The van der Waals surface area contributed by atoms with E-state index in [0.717, 1.165) is 51.5 Å². The third-order valence-electron chi connectivity index (χ3n) is 4.77. The van der Waals surface area contributed by atoms with Crippen molar-refractivity contribution in [3.05, 3.63) is 29.8 Å². The van der Waals surface area contributed by atoms with Gasteiger partial charge in [-0.2, -0.15) is 0 Å². The summed E-state index contributed by atoms with van der Waals surface area (Å²) >= 11 is 0. The zero-order valence-electron chi connectivity index (χ0n) is 16.3. The largest absolute Gasteiger partial charge is 0.494 e. The first-order valence-corrected chi connectivity index (χ1v) is 9.84. The molecular weight excluding hydrogens is 312 g/mol. The third kappa shape index (κ3) is 5.74. The van der Waals surface area contributed by atoms with Crippen molar-refractivity contribution >= 4 is 5.91 Å². The third-order valence-corrected chi connectivity index (χ3v) is 4.77. The zero-order valence-corrected chi connectivity index (χ0v) is 16.3. The van der Waals surface area contributed by atoms with Crippen molar-refractivity contribution in [2.75, 3.05) is 32.8 Å². The standard InChI is InChI=1S/C19H28N2O2.C2H6/c1-15(2)8-11-23-18-6-4-16(5-7-18)12-20-13-17(14-20)19(22)21-9-3-10-21;1-2/h4-7,15,17H,3,8-14H2,1-2H3;1-2H3. The van der Waals surface area contributed by atoms with Crippen LogP contribution >= 0.6 is 0 Å². The SMILES string of the molecule is CC.CC(C)CCOc1ccc(CN2CC(C(=O)N3CCC3)C2)cc1. The lowest BCUT2D eigenvalue weighted by atomic mass is 9.96. The van der Waals surface area contributed by atoms with Gasteiger partial charge in [0, 0.05) is 32.7 Å². The fraction of sp³-hybridized carbons (Fsp3) is 0.667. The molecule has 25 heavy (non-hydrogen) atoms. The summed E-state index contributed by atoms with van der Waals surface area (Å²) in [5.74, 6) is 2.21. The molecule has 0 radical (unpaired) electrons. The second-order valence-corrected chi connectivity index (χ2v) is 7.24. The van der Waals surface area contributed by atoms with Gasteiger partial charge >= 0.3 is 0 Å². The summed E-state index contributed by atoms with van der Waals surface area (Å²) in [6.45, 7) is 13.9. The van der Waals surface area contributed by atoms with Crippen LogP contribution in [0.1, 0.15) is 46.1 Å². The van der Waals surface area contributed by atoms with Crippen LogP contribution in [-0.2, 0) is 11.3 Å². The number of likely N-dealkylation sites (tertiary alicyclic amines) is 2. The van der Waals surface area contributed by atoms with Crippen molar-refractivity contribution in [2.45, 2.75) is 47.1 Å². The fourth-order valence-electron chi connectivity index (χ4n) is 3.01. The Labute approximate surface area is 153 Å². The molecule has 1 aromatic carbocycles. The van der Waals surface area contributed by atoms with Crippen molar-refractivity contribution in [1.82, 2.24) is 9.80 Å². The molecule has 4 nitrogen and oxygen atoms in total. The summed E-state index contributed by atoms with van der Waals surface area (Å²) in [5.41, 5.74) is 1.29. The molecule has 2 fully saturated rings. The highest BCUT2D eigenvalue weighted by atomic mass is 16.5. The van der Waals surface area contributed by atoms with Crippen LogP contribution in [0.5, 0.6) is 5.75 Å². The van der Waals surface area contributed by atoms with Crippen LogP contribution in [0.2, 0.25) is 0 Å². The quantitative estimate of drug-likeness (QED) is 0.753. The van der Waals surface area contributed by atoms with Gasteiger partial charge in [0.2, 0.25) is 5.91 Å². The highest BCUT2D eigenvalue weighted by Crippen LogP contribution is 2.23. The zero-order chi connectivity index (χ0) is 18.2. The van der Waals surface area contributed by atoms with E-state index >= 15 is 0 Å². The van der Waals surface area contributed by atoms with Gasteiger partial charge in [-0.05, 0) is 36.5 Å². The molecule has 1 aromatic rings. The van der Waals surface area contributed by atoms with Crippen LogP contribution in [0.25, 0.3) is 0 Å². The fourth-order valence-corrected chi connectivity index (χ4v) is 3.01. The molecule has 0 spiro atoms. The smallest absolute Gasteiger partial charge is 0.228 e. The number of amides is 1. The van der Waals surface area contributed by atoms with Gasteiger partial charge < -0.3 is 9.64 Å². The van der Waals surface area contributed by atoms with Crippen molar-refractivity contribution in [3.63, 3.8) is 0 Å². The van der Waals surface area contributed by atoms with Crippen molar-refractivity contribution in [1.29, 1.82) is 0 Å². The topological polar surface area (TPSA) is 32.8 Å². The van der Waals surface area contributed by atoms with E-state index in [1.807, 2.05) is 18.7 Å². The molecule has 140 valence electrons. The Morgan fingerprint density at radius 3 is 2.32 bits per heavy atom. The second-order valence-electron chi connectivity index (χ2n) is 7.24. The molecule has 2 aliphatic heterocycles. The molecule has 4 heteroatoms. The highest BCUT2D eigenvalue weighted by molar-refractivity contribution is 5.80. The van der Waals surface area contributed by atoms with Crippen molar-refractivity contribution in [2.24, 2.45) is 11.8 Å². The summed E-state index contributed by atoms with van der Waals surface area (Å²) in [5, 5.41) is 0. The summed E-state index contributed by atoms with van der Waals surface area (Å²) in [7, 11) is 0. The van der Waals surface area contributed by atoms with Crippen molar-refractivity contribution < 1.29 is 9.53 Å². The van der Waals surface area contributed by atoms with E-state index in [2.05, 4.69) is 43.0 Å². The van der Waals surface area contributed by atoms with E-state index in [9.17, 15) is 4.79 Å².